The standard InChI is InChI=1S/C28H25NO7/c1-16-12-20(7-11-23(16)33-3)28(32)22(13-18-4-8-21(9-5-18)29-17(2)30)26(27(31)36-28)19-6-10-24-25(14-19)35-15-34-24/h4-12,14,32H,13,15H2,1-3H3,(H,29,30). The van der Waals surface area contributed by atoms with E-state index in [-0.39, 0.29) is 24.7 Å². The zero-order valence-electron chi connectivity index (χ0n) is 20.1. The van der Waals surface area contributed by atoms with Crippen LogP contribution in [0.25, 0.3) is 5.57 Å². The lowest BCUT2D eigenvalue weighted by atomic mass is 9.87. The number of amides is 1. The summed E-state index contributed by atoms with van der Waals surface area (Å²) in [4.78, 5) is 24.6. The van der Waals surface area contributed by atoms with Crippen molar-refractivity contribution in [3.8, 4) is 17.2 Å². The van der Waals surface area contributed by atoms with Gasteiger partial charge in [-0.3, -0.25) is 4.79 Å². The van der Waals surface area contributed by atoms with Crippen LogP contribution < -0.4 is 19.5 Å². The van der Waals surface area contributed by atoms with Crippen molar-refractivity contribution in [3.05, 3.63) is 88.5 Å². The largest absolute Gasteiger partial charge is 0.496 e. The molecule has 184 valence electrons. The molecule has 0 spiro atoms. The van der Waals surface area contributed by atoms with Gasteiger partial charge in [-0.2, -0.15) is 0 Å². The molecule has 3 aromatic rings. The van der Waals surface area contributed by atoms with Crippen molar-refractivity contribution in [2.45, 2.75) is 26.1 Å². The van der Waals surface area contributed by atoms with Gasteiger partial charge in [0, 0.05) is 30.2 Å². The van der Waals surface area contributed by atoms with E-state index in [4.69, 9.17) is 18.9 Å². The number of carbonyl (C=O) groups is 2. The first kappa shape index (κ1) is 23.4. The van der Waals surface area contributed by atoms with E-state index >= 15 is 0 Å². The normalized spacial score (nSPS) is 18.3. The van der Waals surface area contributed by atoms with Crippen molar-refractivity contribution in [3.63, 3.8) is 0 Å². The molecule has 1 unspecified atom stereocenters. The van der Waals surface area contributed by atoms with Crippen LogP contribution in [0.15, 0.2) is 66.2 Å². The summed E-state index contributed by atoms with van der Waals surface area (Å²) in [6.45, 7) is 3.39. The minimum Gasteiger partial charge on any atom is -0.496 e. The number of nitrogens with one attached hydrogen (secondary N) is 1. The van der Waals surface area contributed by atoms with Gasteiger partial charge in [-0.25, -0.2) is 4.79 Å². The molecule has 0 aliphatic carbocycles. The van der Waals surface area contributed by atoms with Gasteiger partial charge in [0.25, 0.3) is 5.79 Å². The van der Waals surface area contributed by atoms with Crippen LogP contribution >= 0.6 is 0 Å². The SMILES string of the molecule is COc1ccc(C2(O)OC(=O)C(c3ccc4c(c3)OCO4)=C2Cc2ccc(NC(C)=O)cc2)cc1C. The fraction of sp³-hybridized carbons (Fsp3) is 0.214. The van der Waals surface area contributed by atoms with Crippen LogP contribution in [0.2, 0.25) is 0 Å². The van der Waals surface area contributed by atoms with Gasteiger partial charge in [0.05, 0.1) is 12.7 Å². The lowest BCUT2D eigenvalue weighted by molar-refractivity contribution is -0.185. The highest BCUT2D eigenvalue weighted by Gasteiger charge is 2.48. The summed E-state index contributed by atoms with van der Waals surface area (Å²) in [6.07, 6.45) is 0.220. The Morgan fingerprint density at radius 2 is 1.81 bits per heavy atom. The predicted molar refractivity (Wildman–Crippen MR) is 132 cm³/mol. The van der Waals surface area contributed by atoms with Crippen molar-refractivity contribution in [1.82, 2.24) is 0 Å². The number of hydrogen-bond acceptors (Lipinski definition) is 7. The highest BCUT2D eigenvalue weighted by Crippen LogP contribution is 2.46. The first-order chi connectivity index (χ1) is 17.3. The second kappa shape index (κ2) is 9.05. The Hall–Kier alpha value is -4.30. The number of fused-ring (bicyclic) bond motifs is 1. The van der Waals surface area contributed by atoms with Gasteiger partial charge in [-0.05, 0) is 66.1 Å². The van der Waals surface area contributed by atoms with Crippen LogP contribution in [-0.4, -0.2) is 30.9 Å². The summed E-state index contributed by atoms with van der Waals surface area (Å²) in [7, 11) is 1.57. The van der Waals surface area contributed by atoms with Crippen molar-refractivity contribution in [1.29, 1.82) is 0 Å². The van der Waals surface area contributed by atoms with E-state index in [1.807, 2.05) is 19.1 Å². The highest BCUT2D eigenvalue weighted by molar-refractivity contribution is 6.20. The monoisotopic (exact) mass is 487 g/mol. The second-order valence-electron chi connectivity index (χ2n) is 8.69. The smallest absolute Gasteiger partial charge is 0.342 e. The van der Waals surface area contributed by atoms with Crippen LogP contribution in [0.3, 0.4) is 0 Å². The number of methoxy groups -OCH3 is 1. The Labute approximate surface area is 208 Å². The van der Waals surface area contributed by atoms with E-state index in [0.29, 0.717) is 39.6 Å². The quantitative estimate of drug-likeness (QED) is 0.505. The topological polar surface area (TPSA) is 103 Å². The molecule has 36 heavy (non-hydrogen) atoms. The third kappa shape index (κ3) is 4.16. The second-order valence-corrected chi connectivity index (χ2v) is 8.69. The molecule has 0 saturated heterocycles. The van der Waals surface area contributed by atoms with Crippen LogP contribution in [-0.2, 0) is 26.5 Å². The average molecular weight is 488 g/mol. The van der Waals surface area contributed by atoms with Gasteiger partial charge in [-0.1, -0.05) is 18.2 Å². The molecular formula is C28H25NO7. The summed E-state index contributed by atoms with van der Waals surface area (Å²) in [5.74, 6) is -1.05. The van der Waals surface area contributed by atoms with Crippen molar-refractivity contribution in [2.24, 2.45) is 0 Å². The van der Waals surface area contributed by atoms with Crippen LogP contribution in [0, 0.1) is 6.92 Å². The number of aliphatic hydroxyl groups is 1. The van der Waals surface area contributed by atoms with E-state index in [0.717, 1.165) is 11.1 Å². The minimum absolute atomic E-state index is 0.102. The molecule has 2 heterocycles. The maximum absolute atomic E-state index is 13.3. The molecule has 5 rings (SSSR count). The molecule has 8 heteroatoms. The van der Waals surface area contributed by atoms with Gasteiger partial charge in [-0.15, -0.1) is 0 Å². The molecular weight excluding hydrogens is 462 g/mol. The summed E-state index contributed by atoms with van der Waals surface area (Å²) >= 11 is 0. The Morgan fingerprint density at radius 1 is 1.06 bits per heavy atom. The maximum Gasteiger partial charge on any atom is 0.342 e. The molecule has 8 nitrogen and oxygen atoms in total. The Balaban J connectivity index is 1.62. The fourth-order valence-electron chi connectivity index (χ4n) is 4.53. The highest BCUT2D eigenvalue weighted by atomic mass is 16.7. The van der Waals surface area contributed by atoms with Crippen molar-refractivity contribution >= 4 is 23.1 Å². The minimum atomic E-state index is -1.99. The van der Waals surface area contributed by atoms with Crippen LogP contribution in [0.5, 0.6) is 17.2 Å². The number of ether oxygens (including phenoxy) is 4. The van der Waals surface area contributed by atoms with Gasteiger partial charge < -0.3 is 29.4 Å². The summed E-state index contributed by atoms with van der Waals surface area (Å²) in [5.41, 5.74) is 3.87. The summed E-state index contributed by atoms with van der Waals surface area (Å²) in [5, 5.41) is 14.6. The number of rotatable bonds is 6. The summed E-state index contributed by atoms with van der Waals surface area (Å²) < 4.78 is 21.9. The number of benzene rings is 3. The maximum atomic E-state index is 13.3. The summed E-state index contributed by atoms with van der Waals surface area (Å²) in [6, 6.07) is 17.5. The zero-order chi connectivity index (χ0) is 25.4. The molecule has 0 aromatic heterocycles. The molecule has 1 amide bonds. The van der Waals surface area contributed by atoms with Crippen LogP contribution in [0.4, 0.5) is 5.69 Å². The number of esters is 1. The van der Waals surface area contributed by atoms with Crippen LogP contribution in [0.1, 0.15) is 29.2 Å². The van der Waals surface area contributed by atoms with Crippen molar-refractivity contribution in [2.75, 3.05) is 19.2 Å². The first-order valence-electron chi connectivity index (χ1n) is 11.4. The Kier molecular flexibility index (Phi) is 5.89. The van der Waals surface area contributed by atoms with Gasteiger partial charge in [0.2, 0.25) is 12.7 Å². The molecule has 2 aliphatic heterocycles. The number of anilines is 1. The Morgan fingerprint density at radius 3 is 2.50 bits per heavy atom. The van der Waals surface area contributed by atoms with Gasteiger partial charge in [0.1, 0.15) is 5.75 Å². The van der Waals surface area contributed by atoms with E-state index in [1.165, 1.54) is 6.92 Å². The van der Waals surface area contributed by atoms with Gasteiger partial charge >= 0.3 is 5.97 Å². The molecule has 0 radical (unpaired) electrons. The van der Waals surface area contributed by atoms with E-state index in [9.17, 15) is 14.7 Å². The first-order valence-corrected chi connectivity index (χ1v) is 11.4. The van der Waals surface area contributed by atoms with Gasteiger partial charge in [0.15, 0.2) is 11.5 Å². The number of hydrogen-bond donors (Lipinski definition) is 2. The number of cyclic esters (lactones) is 1. The van der Waals surface area contributed by atoms with E-state index in [2.05, 4.69) is 5.32 Å². The molecule has 1 atom stereocenters. The van der Waals surface area contributed by atoms with Crippen molar-refractivity contribution < 1.29 is 33.6 Å². The fourth-order valence-corrected chi connectivity index (χ4v) is 4.53. The molecule has 0 saturated carbocycles. The Bertz CT molecular complexity index is 1390. The number of aryl methyl sites for hydroxylation is 1. The molecule has 2 aliphatic rings. The lowest BCUT2D eigenvalue weighted by Gasteiger charge is -2.26. The van der Waals surface area contributed by atoms with E-state index < -0.39 is 11.8 Å². The number of carbonyl (C=O) groups excluding carboxylic acids is 2. The average Bonchev–Trinajstić information content (AvgIpc) is 3.41. The molecule has 3 aromatic carbocycles. The molecule has 0 bridgehead atoms. The molecule has 2 N–H and O–H groups in total. The lowest BCUT2D eigenvalue weighted by Crippen LogP contribution is -2.30. The zero-order valence-corrected chi connectivity index (χ0v) is 20.1. The molecule has 0 fully saturated rings. The third-order valence-electron chi connectivity index (χ3n) is 6.26. The predicted octanol–water partition coefficient (Wildman–Crippen LogP) is 4.09. The third-order valence-corrected chi connectivity index (χ3v) is 6.26. The van der Waals surface area contributed by atoms with E-state index in [1.54, 1.807) is 55.6 Å².